The first-order valence-electron chi connectivity index (χ1n) is 6.69. The molecular formula is C17H14Cl2N2. The molecule has 4 heteroatoms. The van der Waals surface area contributed by atoms with Crippen LogP contribution in [0, 0.1) is 6.92 Å². The molecule has 3 rings (SSSR count). The van der Waals surface area contributed by atoms with E-state index in [1.165, 1.54) is 5.56 Å². The van der Waals surface area contributed by atoms with Crippen molar-refractivity contribution < 1.29 is 0 Å². The Bertz CT molecular complexity index is 743. The van der Waals surface area contributed by atoms with Gasteiger partial charge < -0.3 is 4.98 Å². The van der Waals surface area contributed by atoms with Crippen LogP contribution < -0.4 is 0 Å². The largest absolute Gasteiger partial charge is 0.345 e. The molecule has 0 unspecified atom stereocenters. The van der Waals surface area contributed by atoms with Crippen molar-refractivity contribution in [2.75, 3.05) is 0 Å². The van der Waals surface area contributed by atoms with Crippen LogP contribution in [0.2, 0.25) is 10.0 Å². The molecular weight excluding hydrogens is 303 g/mol. The maximum absolute atomic E-state index is 6.27. The van der Waals surface area contributed by atoms with Crippen molar-refractivity contribution in [2.24, 2.45) is 0 Å². The quantitative estimate of drug-likeness (QED) is 0.699. The Morgan fingerprint density at radius 3 is 2.29 bits per heavy atom. The second-order valence-electron chi connectivity index (χ2n) is 4.92. The first-order valence-corrected chi connectivity index (χ1v) is 7.44. The van der Waals surface area contributed by atoms with Crippen molar-refractivity contribution in [3.63, 3.8) is 0 Å². The highest BCUT2D eigenvalue weighted by Crippen LogP contribution is 2.35. The van der Waals surface area contributed by atoms with Gasteiger partial charge in [-0.2, -0.15) is 0 Å². The average molecular weight is 317 g/mol. The summed E-state index contributed by atoms with van der Waals surface area (Å²) in [7, 11) is 0. The summed E-state index contributed by atoms with van der Waals surface area (Å²) >= 11 is 12.5. The third kappa shape index (κ3) is 2.97. The topological polar surface area (TPSA) is 28.7 Å². The number of nitrogens with one attached hydrogen (secondary N) is 1. The smallest absolute Gasteiger partial charge is 0.111 e. The van der Waals surface area contributed by atoms with Crippen LogP contribution in [-0.2, 0) is 6.42 Å². The predicted molar refractivity (Wildman–Crippen MR) is 88.0 cm³/mol. The molecule has 0 aliphatic rings. The predicted octanol–water partition coefficient (Wildman–Crippen LogP) is 5.28. The summed E-state index contributed by atoms with van der Waals surface area (Å²) in [6.45, 7) is 1.98. The van der Waals surface area contributed by atoms with Crippen LogP contribution >= 0.6 is 23.2 Å². The van der Waals surface area contributed by atoms with Crippen molar-refractivity contribution in [3.05, 3.63) is 75.7 Å². The first kappa shape index (κ1) is 14.2. The van der Waals surface area contributed by atoms with Crippen molar-refractivity contribution in [1.82, 2.24) is 9.97 Å². The Morgan fingerprint density at radius 2 is 1.62 bits per heavy atom. The van der Waals surface area contributed by atoms with Crippen molar-refractivity contribution in [3.8, 4) is 11.3 Å². The molecule has 1 aromatic heterocycles. The molecule has 0 spiro atoms. The summed E-state index contributed by atoms with van der Waals surface area (Å²) in [5.41, 5.74) is 3.78. The lowest BCUT2D eigenvalue weighted by Crippen LogP contribution is -1.90. The molecule has 0 bridgehead atoms. The van der Waals surface area contributed by atoms with E-state index in [4.69, 9.17) is 23.2 Å². The molecule has 1 heterocycles. The summed E-state index contributed by atoms with van der Waals surface area (Å²) < 4.78 is 0. The van der Waals surface area contributed by atoms with Crippen LogP contribution in [0.4, 0.5) is 0 Å². The Labute approximate surface area is 133 Å². The van der Waals surface area contributed by atoms with Crippen LogP contribution in [0.5, 0.6) is 0 Å². The number of benzene rings is 2. The van der Waals surface area contributed by atoms with Gasteiger partial charge in [0.1, 0.15) is 5.82 Å². The van der Waals surface area contributed by atoms with Gasteiger partial charge in [0, 0.05) is 17.7 Å². The van der Waals surface area contributed by atoms with Gasteiger partial charge in [0.2, 0.25) is 0 Å². The van der Waals surface area contributed by atoms with E-state index in [2.05, 4.69) is 22.1 Å². The van der Waals surface area contributed by atoms with Gasteiger partial charge >= 0.3 is 0 Å². The fraction of sp³-hybridized carbons (Fsp3) is 0.118. The zero-order chi connectivity index (χ0) is 14.8. The Balaban J connectivity index is 1.99. The third-order valence-corrected chi connectivity index (χ3v) is 3.98. The molecule has 3 aromatic rings. The molecule has 21 heavy (non-hydrogen) atoms. The van der Waals surface area contributed by atoms with Gasteiger partial charge in [-0.05, 0) is 24.6 Å². The lowest BCUT2D eigenvalue weighted by molar-refractivity contribution is 1.02. The van der Waals surface area contributed by atoms with Crippen LogP contribution in [0.25, 0.3) is 11.3 Å². The van der Waals surface area contributed by atoms with Gasteiger partial charge in [-0.1, -0.05) is 59.6 Å². The van der Waals surface area contributed by atoms with E-state index in [1.54, 1.807) is 0 Å². The third-order valence-electron chi connectivity index (χ3n) is 3.35. The lowest BCUT2D eigenvalue weighted by Gasteiger charge is -2.04. The molecule has 0 aliphatic heterocycles. The second-order valence-corrected chi connectivity index (χ2v) is 5.73. The van der Waals surface area contributed by atoms with Gasteiger partial charge in [0.05, 0.1) is 15.7 Å². The number of hydrogen-bond acceptors (Lipinski definition) is 1. The van der Waals surface area contributed by atoms with Gasteiger partial charge in [-0.25, -0.2) is 4.98 Å². The standard InChI is InChI=1S/C17H14Cl2N2/c1-11-17(16-13(18)8-5-9-14(16)19)21-15(20-11)10-12-6-3-2-4-7-12/h2-9H,10H2,1H3,(H,20,21). The van der Waals surface area contributed by atoms with Crippen LogP contribution in [0.15, 0.2) is 48.5 Å². The summed E-state index contributed by atoms with van der Waals surface area (Å²) in [6.07, 6.45) is 0.754. The Hall–Kier alpha value is -1.77. The maximum Gasteiger partial charge on any atom is 0.111 e. The minimum Gasteiger partial charge on any atom is -0.345 e. The molecule has 106 valence electrons. The van der Waals surface area contributed by atoms with E-state index in [0.717, 1.165) is 29.2 Å². The molecule has 1 N–H and O–H groups in total. The molecule has 0 fully saturated rings. The molecule has 0 atom stereocenters. The zero-order valence-corrected chi connectivity index (χ0v) is 13.0. The monoisotopic (exact) mass is 316 g/mol. The van der Waals surface area contributed by atoms with E-state index < -0.39 is 0 Å². The van der Waals surface area contributed by atoms with Gasteiger partial charge in [0.15, 0.2) is 0 Å². The average Bonchev–Trinajstić information content (AvgIpc) is 2.80. The summed E-state index contributed by atoms with van der Waals surface area (Å²) in [5, 5.41) is 1.23. The number of nitrogens with zero attached hydrogens (tertiary/aromatic N) is 1. The normalized spacial score (nSPS) is 10.8. The fourth-order valence-corrected chi connectivity index (χ4v) is 2.94. The van der Waals surface area contributed by atoms with Gasteiger partial charge in [-0.15, -0.1) is 0 Å². The summed E-state index contributed by atoms with van der Waals surface area (Å²) in [4.78, 5) is 7.99. The van der Waals surface area contributed by atoms with Crippen molar-refractivity contribution >= 4 is 23.2 Å². The van der Waals surface area contributed by atoms with Gasteiger partial charge in [-0.3, -0.25) is 0 Å². The van der Waals surface area contributed by atoms with Crippen LogP contribution in [-0.4, -0.2) is 9.97 Å². The molecule has 0 saturated carbocycles. The second kappa shape index (κ2) is 5.92. The molecule has 0 radical (unpaired) electrons. The van der Waals surface area contributed by atoms with E-state index in [0.29, 0.717) is 10.0 Å². The van der Waals surface area contributed by atoms with Gasteiger partial charge in [0.25, 0.3) is 0 Å². The molecule has 2 nitrogen and oxygen atoms in total. The van der Waals surface area contributed by atoms with E-state index in [1.807, 2.05) is 43.3 Å². The van der Waals surface area contributed by atoms with Crippen LogP contribution in [0.3, 0.4) is 0 Å². The highest BCUT2D eigenvalue weighted by atomic mass is 35.5. The molecule has 0 saturated heterocycles. The minimum atomic E-state index is 0.614. The van der Waals surface area contributed by atoms with Crippen molar-refractivity contribution in [2.45, 2.75) is 13.3 Å². The zero-order valence-electron chi connectivity index (χ0n) is 11.5. The molecule has 0 amide bonds. The highest BCUT2D eigenvalue weighted by molar-refractivity contribution is 6.39. The maximum atomic E-state index is 6.27. The summed E-state index contributed by atoms with van der Waals surface area (Å²) in [5.74, 6) is 0.907. The number of hydrogen-bond donors (Lipinski definition) is 1. The number of H-pyrrole nitrogens is 1. The molecule has 2 aromatic carbocycles. The first-order chi connectivity index (χ1) is 10.1. The van der Waals surface area contributed by atoms with E-state index in [-0.39, 0.29) is 0 Å². The number of aryl methyl sites for hydroxylation is 1. The minimum absolute atomic E-state index is 0.614. The number of aromatic nitrogens is 2. The van der Waals surface area contributed by atoms with Crippen molar-refractivity contribution in [1.29, 1.82) is 0 Å². The number of imidazole rings is 1. The SMILES string of the molecule is Cc1[nH]c(Cc2ccccc2)nc1-c1c(Cl)cccc1Cl. The molecule has 0 aliphatic carbocycles. The Morgan fingerprint density at radius 1 is 0.952 bits per heavy atom. The highest BCUT2D eigenvalue weighted by Gasteiger charge is 2.15. The Kier molecular flexibility index (Phi) is 4.00. The number of aromatic amines is 1. The number of halogens is 2. The number of rotatable bonds is 3. The lowest BCUT2D eigenvalue weighted by atomic mass is 10.1. The van der Waals surface area contributed by atoms with E-state index in [9.17, 15) is 0 Å². The summed E-state index contributed by atoms with van der Waals surface area (Å²) in [6, 6.07) is 15.7. The fourth-order valence-electron chi connectivity index (χ4n) is 2.36. The van der Waals surface area contributed by atoms with Crippen LogP contribution in [0.1, 0.15) is 17.1 Å². The van der Waals surface area contributed by atoms with E-state index >= 15 is 0 Å².